The zero-order valence-corrected chi connectivity index (χ0v) is 15.4. The number of rotatable bonds is 1. The van der Waals surface area contributed by atoms with E-state index in [1.54, 1.807) is 0 Å². The molecule has 0 amide bonds. The van der Waals surface area contributed by atoms with Crippen molar-refractivity contribution in [1.82, 2.24) is 4.40 Å². The van der Waals surface area contributed by atoms with Gasteiger partial charge >= 0.3 is 0 Å². The Morgan fingerprint density at radius 3 is 2.22 bits per heavy atom. The van der Waals surface area contributed by atoms with Crippen molar-refractivity contribution in [2.75, 3.05) is 0 Å². The fourth-order valence-electron chi connectivity index (χ4n) is 4.72. The highest BCUT2D eigenvalue weighted by atomic mass is 14.9. The summed E-state index contributed by atoms with van der Waals surface area (Å²) in [7, 11) is 2.12. The molecule has 0 bridgehead atoms. The van der Waals surface area contributed by atoms with Gasteiger partial charge in [-0.15, -0.1) is 0 Å². The normalized spacial score (nSPS) is 12.1. The van der Waals surface area contributed by atoms with Crippen LogP contribution in [0, 0.1) is 6.92 Å². The third-order valence-corrected chi connectivity index (χ3v) is 5.91. The Morgan fingerprint density at radius 1 is 0.667 bits per heavy atom. The zero-order chi connectivity index (χ0) is 18.1. The largest absolute Gasteiger partial charge is 0.307 e. The molecule has 0 aliphatic heterocycles. The van der Waals surface area contributed by atoms with Gasteiger partial charge in [-0.05, 0) is 24.6 Å². The average molecular weight is 347 g/mol. The van der Waals surface area contributed by atoms with Crippen LogP contribution in [-0.4, -0.2) is 4.40 Å². The first-order valence-corrected chi connectivity index (χ1v) is 9.37. The third kappa shape index (κ3) is 1.77. The molecule has 3 aromatic heterocycles. The van der Waals surface area contributed by atoms with Crippen molar-refractivity contribution in [3.63, 3.8) is 0 Å². The molecule has 0 N–H and O–H groups in total. The quantitative estimate of drug-likeness (QED) is 0.340. The van der Waals surface area contributed by atoms with Crippen LogP contribution in [0.4, 0.5) is 0 Å². The van der Waals surface area contributed by atoms with Gasteiger partial charge < -0.3 is 4.40 Å². The number of aryl methyl sites for hydroxylation is 2. The number of aromatic nitrogens is 2. The maximum atomic E-state index is 2.48. The molecule has 0 saturated carbocycles. The van der Waals surface area contributed by atoms with Crippen LogP contribution in [-0.2, 0) is 7.05 Å². The van der Waals surface area contributed by atoms with Gasteiger partial charge in [0.25, 0.3) is 0 Å². The van der Waals surface area contributed by atoms with Gasteiger partial charge in [-0.3, -0.25) is 0 Å². The summed E-state index contributed by atoms with van der Waals surface area (Å²) in [4.78, 5) is 0. The van der Waals surface area contributed by atoms with Crippen LogP contribution in [0.2, 0.25) is 0 Å². The van der Waals surface area contributed by atoms with Crippen LogP contribution >= 0.6 is 0 Å². The fourth-order valence-corrected chi connectivity index (χ4v) is 4.72. The summed E-state index contributed by atoms with van der Waals surface area (Å²) in [5.74, 6) is 0. The van der Waals surface area contributed by atoms with E-state index in [4.69, 9.17) is 0 Å². The maximum absolute atomic E-state index is 2.48. The monoisotopic (exact) mass is 347 g/mol. The Balaban J connectivity index is 1.98. The second-order valence-electron chi connectivity index (χ2n) is 7.40. The second-order valence-corrected chi connectivity index (χ2v) is 7.40. The van der Waals surface area contributed by atoms with Crippen LogP contribution < -0.4 is 4.57 Å². The molecule has 0 spiro atoms. The van der Waals surface area contributed by atoms with Crippen molar-refractivity contribution in [3.05, 3.63) is 84.6 Å². The van der Waals surface area contributed by atoms with Gasteiger partial charge in [-0.2, -0.15) is 0 Å². The van der Waals surface area contributed by atoms with Gasteiger partial charge in [-0.1, -0.05) is 48.5 Å². The molecule has 0 unspecified atom stereocenters. The highest BCUT2D eigenvalue weighted by molar-refractivity contribution is 6.25. The van der Waals surface area contributed by atoms with E-state index in [1.807, 2.05) is 0 Å². The predicted octanol–water partition coefficient (Wildman–Crippen LogP) is 5.64. The number of pyridine rings is 1. The summed E-state index contributed by atoms with van der Waals surface area (Å²) < 4.78 is 4.69. The molecule has 3 aromatic carbocycles. The molecular weight excluding hydrogens is 328 g/mol. The Morgan fingerprint density at radius 2 is 1.37 bits per heavy atom. The highest BCUT2D eigenvalue weighted by Gasteiger charge is 2.23. The van der Waals surface area contributed by atoms with E-state index in [0.717, 1.165) is 0 Å². The van der Waals surface area contributed by atoms with Gasteiger partial charge in [0.05, 0.1) is 22.1 Å². The molecule has 2 nitrogen and oxygen atoms in total. The minimum atomic E-state index is 1.24. The molecule has 0 saturated heterocycles. The first-order valence-electron chi connectivity index (χ1n) is 9.37. The summed E-state index contributed by atoms with van der Waals surface area (Å²) in [6.07, 6.45) is 2.12. The van der Waals surface area contributed by atoms with Crippen LogP contribution in [0.1, 0.15) is 5.56 Å². The van der Waals surface area contributed by atoms with Crippen molar-refractivity contribution in [3.8, 4) is 11.3 Å². The zero-order valence-electron chi connectivity index (χ0n) is 15.4. The Hall–Kier alpha value is -3.39. The van der Waals surface area contributed by atoms with E-state index in [0.29, 0.717) is 0 Å². The van der Waals surface area contributed by atoms with Crippen molar-refractivity contribution in [1.29, 1.82) is 0 Å². The lowest BCUT2D eigenvalue weighted by Gasteiger charge is -2.08. The summed E-state index contributed by atoms with van der Waals surface area (Å²) in [6, 6.07) is 26.4. The van der Waals surface area contributed by atoms with Gasteiger partial charge in [0.1, 0.15) is 7.05 Å². The Bertz CT molecular complexity index is 1490. The van der Waals surface area contributed by atoms with Crippen LogP contribution in [0.15, 0.2) is 79.0 Å². The molecule has 0 fully saturated rings. The van der Waals surface area contributed by atoms with Crippen LogP contribution in [0.25, 0.3) is 49.4 Å². The van der Waals surface area contributed by atoms with Crippen molar-refractivity contribution in [2.45, 2.75) is 6.92 Å². The van der Waals surface area contributed by atoms with Gasteiger partial charge in [0.15, 0.2) is 6.20 Å². The number of benzene rings is 3. The van der Waals surface area contributed by atoms with Gasteiger partial charge in [-0.25, -0.2) is 4.57 Å². The molecule has 128 valence electrons. The summed E-state index contributed by atoms with van der Waals surface area (Å²) >= 11 is 0. The maximum Gasteiger partial charge on any atom is 0.214 e. The van der Waals surface area contributed by atoms with E-state index in [2.05, 4.69) is 102 Å². The molecule has 6 rings (SSSR count). The highest BCUT2D eigenvalue weighted by Crippen LogP contribution is 2.42. The first-order chi connectivity index (χ1) is 13.3. The lowest BCUT2D eigenvalue weighted by molar-refractivity contribution is -0.660. The number of nitrogens with zero attached hydrogens (tertiary/aromatic N) is 2. The molecule has 0 radical (unpaired) electrons. The molecule has 2 heteroatoms. The van der Waals surface area contributed by atoms with Gasteiger partial charge in [0, 0.05) is 33.7 Å². The minimum Gasteiger partial charge on any atom is -0.307 e. The lowest BCUT2D eigenvalue weighted by atomic mass is 9.99. The first kappa shape index (κ1) is 14.7. The van der Waals surface area contributed by atoms with E-state index < -0.39 is 0 Å². The molecule has 6 aromatic rings. The molecule has 27 heavy (non-hydrogen) atoms. The SMILES string of the molecule is Cc1ccc2c3cccc4c5ccccc5n(c2c1-c1cccc[n+]1C)c43. The molecule has 0 atom stereocenters. The van der Waals surface area contributed by atoms with Crippen LogP contribution in [0.5, 0.6) is 0 Å². The standard InChI is InChI=1S/C25H19N2/c1-16-13-14-20-19-10-7-9-18-17-8-3-4-11-21(17)27(24(18)19)25(20)23(16)22-12-5-6-15-26(22)2/h3-15H,1-2H3/q+1. The minimum absolute atomic E-state index is 1.24. The molecular formula is C25H19N2+. The summed E-state index contributed by atoms with van der Waals surface area (Å²) in [5.41, 5.74) is 7.78. The topological polar surface area (TPSA) is 8.29 Å². The Kier molecular flexibility index (Phi) is 2.77. The predicted molar refractivity (Wildman–Crippen MR) is 112 cm³/mol. The number of para-hydroxylation sites is 2. The molecule has 3 heterocycles. The van der Waals surface area contributed by atoms with E-state index in [1.165, 1.54) is 54.9 Å². The molecule has 0 aliphatic carbocycles. The van der Waals surface area contributed by atoms with E-state index >= 15 is 0 Å². The average Bonchev–Trinajstić information content (AvgIpc) is 3.21. The third-order valence-electron chi connectivity index (χ3n) is 5.91. The van der Waals surface area contributed by atoms with Crippen molar-refractivity contribution < 1.29 is 4.57 Å². The summed E-state index contributed by atoms with van der Waals surface area (Å²) in [5, 5.41) is 5.31. The molecule has 0 aliphatic rings. The number of fused-ring (bicyclic) bond motifs is 6. The number of hydrogen-bond acceptors (Lipinski definition) is 0. The lowest BCUT2D eigenvalue weighted by Crippen LogP contribution is -2.30. The summed E-state index contributed by atoms with van der Waals surface area (Å²) in [6.45, 7) is 2.22. The van der Waals surface area contributed by atoms with Crippen LogP contribution in [0.3, 0.4) is 0 Å². The van der Waals surface area contributed by atoms with Crippen molar-refractivity contribution >= 4 is 38.1 Å². The second kappa shape index (κ2) is 5.08. The fraction of sp³-hybridized carbons (Fsp3) is 0.0800. The van der Waals surface area contributed by atoms with Crippen molar-refractivity contribution in [2.24, 2.45) is 7.05 Å². The Labute approximate surface area is 157 Å². The smallest absolute Gasteiger partial charge is 0.214 e. The van der Waals surface area contributed by atoms with E-state index in [-0.39, 0.29) is 0 Å². The van der Waals surface area contributed by atoms with Gasteiger partial charge in [0.2, 0.25) is 5.69 Å². The number of hydrogen-bond donors (Lipinski definition) is 0. The van der Waals surface area contributed by atoms with E-state index in [9.17, 15) is 0 Å².